The van der Waals surface area contributed by atoms with Gasteiger partial charge in [-0.2, -0.15) is 0 Å². The van der Waals surface area contributed by atoms with Gasteiger partial charge >= 0.3 is 0 Å². The van der Waals surface area contributed by atoms with Crippen LogP contribution >= 0.6 is 0 Å². The Kier molecular flexibility index (Phi) is 8.05. The van der Waals surface area contributed by atoms with Crippen LogP contribution in [0.3, 0.4) is 0 Å². The van der Waals surface area contributed by atoms with Gasteiger partial charge in [0, 0.05) is 11.1 Å². The molecule has 4 rings (SSSR count). The van der Waals surface area contributed by atoms with E-state index in [1.165, 1.54) is 0 Å². The monoisotopic (exact) mass is 524 g/mol. The van der Waals surface area contributed by atoms with Crippen LogP contribution in [0.15, 0.2) is 42.5 Å². The summed E-state index contributed by atoms with van der Waals surface area (Å²) in [5.74, 6) is -11.7. The van der Waals surface area contributed by atoms with E-state index < -0.39 is 63.2 Å². The van der Waals surface area contributed by atoms with Gasteiger partial charge in [0.2, 0.25) is 0 Å². The Hall–Kier alpha value is -3.16. The molecule has 0 saturated heterocycles. The quantitative estimate of drug-likeness (QED) is 0.171. The third kappa shape index (κ3) is 5.58. The molecule has 0 nitrogen and oxygen atoms in total. The smallest absolute Gasteiger partial charge is 0.194 e. The van der Waals surface area contributed by atoms with E-state index >= 15 is 0 Å². The SMILES string of the molecule is CCCC1CCC(c2cc(F)c(C(F)=C(F)c3ccc(-c4cc(F)c(F)c(F)c4)c(F)c3)c(F)c2)CC1. The summed E-state index contributed by atoms with van der Waals surface area (Å²) >= 11 is 0. The summed E-state index contributed by atoms with van der Waals surface area (Å²) < 4.78 is 114. The van der Waals surface area contributed by atoms with E-state index in [-0.39, 0.29) is 11.5 Å². The molecule has 0 aromatic heterocycles. The molecule has 8 heteroatoms. The second-order valence-electron chi connectivity index (χ2n) is 9.44. The van der Waals surface area contributed by atoms with Crippen molar-refractivity contribution in [3.63, 3.8) is 0 Å². The molecule has 196 valence electrons. The highest BCUT2D eigenvalue weighted by Gasteiger charge is 2.26. The normalized spacial score (nSPS) is 18.6. The fourth-order valence-electron chi connectivity index (χ4n) is 5.06. The highest BCUT2D eigenvalue weighted by atomic mass is 19.2. The highest BCUT2D eigenvalue weighted by Crippen LogP contribution is 2.40. The molecule has 0 aliphatic heterocycles. The Balaban J connectivity index is 1.62. The first kappa shape index (κ1) is 26.9. The summed E-state index contributed by atoms with van der Waals surface area (Å²) in [5.41, 5.74) is -2.28. The molecule has 0 heterocycles. The summed E-state index contributed by atoms with van der Waals surface area (Å²) in [6.45, 7) is 2.10. The lowest BCUT2D eigenvalue weighted by molar-refractivity contribution is 0.307. The second-order valence-corrected chi connectivity index (χ2v) is 9.44. The van der Waals surface area contributed by atoms with Gasteiger partial charge in [-0.3, -0.25) is 0 Å². The number of hydrogen-bond donors (Lipinski definition) is 0. The lowest BCUT2D eigenvalue weighted by Crippen LogP contribution is -2.14. The number of benzene rings is 3. The Labute approximate surface area is 209 Å². The van der Waals surface area contributed by atoms with Crippen molar-refractivity contribution in [2.24, 2.45) is 5.92 Å². The zero-order chi connectivity index (χ0) is 26.9. The number of halogens is 8. The predicted octanol–water partition coefficient (Wildman–Crippen LogP) is 10.0. The van der Waals surface area contributed by atoms with Crippen molar-refractivity contribution in [1.82, 2.24) is 0 Å². The molecule has 0 unspecified atom stereocenters. The zero-order valence-corrected chi connectivity index (χ0v) is 20.0. The van der Waals surface area contributed by atoms with Gasteiger partial charge in [0.05, 0.1) is 5.56 Å². The van der Waals surface area contributed by atoms with Crippen LogP contribution in [0.1, 0.15) is 68.1 Å². The minimum absolute atomic E-state index is 0.0779. The topological polar surface area (TPSA) is 0 Å². The minimum atomic E-state index is -1.85. The maximum Gasteiger partial charge on any atom is 0.194 e. The van der Waals surface area contributed by atoms with Crippen LogP contribution in [-0.2, 0) is 0 Å². The fraction of sp³-hybridized carbons (Fsp3) is 0.310. The van der Waals surface area contributed by atoms with Crippen molar-refractivity contribution < 1.29 is 35.1 Å². The average Bonchev–Trinajstić information content (AvgIpc) is 2.86. The van der Waals surface area contributed by atoms with Crippen LogP contribution in [-0.4, -0.2) is 0 Å². The summed E-state index contributed by atoms with van der Waals surface area (Å²) in [6, 6.07) is 5.41. The largest absolute Gasteiger partial charge is 0.206 e. The molecule has 3 aromatic rings. The lowest BCUT2D eigenvalue weighted by atomic mass is 9.77. The van der Waals surface area contributed by atoms with Crippen LogP contribution < -0.4 is 0 Å². The molecule has 0 N–H and O–H groups in total. The number of hydrogen-bond acceptors (Lipinski definition) is 0. The maximum absolute atomic E-state index is 14.9. The first-order chi connectivity index (χ1) is 17.6. The van der Waals surface area contributed by atoms with Gasteiger partial charge in [-0.15, -0.1) is 0 Å². The van der Waals surface area contributed by atoms with Gasteiger partial charge in [0.1, 0.15) is 17.5 Å². The first-order valence-electron chi connectivity index (χ1n) is 12.1. The molecule has 0 bridgehead atoms. The molecule has 1 saturated carbocycles. The highest BCUT2D eigenvalue weighted by molar-refractivity contribution is 5.84. The van der Waals surface area contributed by atoms with Crippen molar-refractivity contribution in [3.05, 3.63) is 94.1 Å². The minimum Gasteiger partial charge on any atom is -0.206 e. The molecular formula is C29H24F8. The van der Waals surface area contributed by atoms with Crippen molar-refractivity contribution in [3.8, 4) is 11.1 Å². The maximum atomic E-state index is 14.9. The van der Waals surface area contributed by atoms with E-state index in [9.17, 15) is 35.1 Å². The Bertz CT molecular complexity index is 1290. The molecule has 0 atom stereocenters. The van der Waals surface area contributed by atoms with Crippen molar-refractivity contribution in [1.29, 1.82) is 0 Å². The zero-order valence-electron chi connectivity index (χ0n) is 20.0. The fourth-order valence-corrected chi connectivity index (χ4v) is 5.06. The van der Waals surface area contributed by atoms with Gasteiger partial charge in [0.25, 0.3) is 0 Å². The summed E-state index contributed by atoms with van der Waals surface area (Å²) in [5, 5.41) is 0. The Morgan fingerprint density at radius 1 is 0.703 bits per heavy atom. The lowest BCUT2D eigenvalue weighted by Gasteiger charge is -2.28. The van der Waals surface area contributed by atoms with Gasteiger partial charge in [-0.1, -0.05) is 31.9 Å². The first-order valence-corrected chi connectivity index (χ1v) is 12.1. The molecular weight excluding hydrogens is 500 g/mol. The van der Waals surface area contributed by atoms with E-state index in [1.54, 1.807) is 0 Å². The summed E-state index contributed by atoms with van der Waals surface area (Å²) in [4.78, 5) is 0. The van der Waals surface area contributed by atoms with Crippen LogP contribution in [0.2, 0.25) is 0 Å². The number of rotatable bonds is 6. The van der Waals surface area contributed by atoms with Crippen LogP contribution in [0, 0.1) is 40.8 Å². The third-order valence-electron chi connectivity index (χ3n) is 7.01. The van der Waals surface area contributed by atoms with E-state index in [4.69, 9.17) is 0 Å². The van der Waals surface area contributed by atoms with Crippen LogP contribution in [0.4, 0.5) is 35.1 Å². The van der Waals surface area contributed by atoms with Crippen LogP contribution in [0.25, 0.3) is 22.8 Å². The molecule has 0 spiro atoms. The third-order valence-corrected chi connectivity index (χ3v) is 7.01. The van der Waals surface area contributed by atoms with E-state index in [0.717, 1.165) is 62.8 Å². The molecule has 3 aromatic carbocycles. The molecule has 0 amide bonds. The average molecular weight is 524 g/mol. The van der Waals surface area contributed by atoms with Gasteiger partial charge < -0.3 is 0 Å². The second kappa shape index (κ2) is 11.1. The Morgan fingerprint density at radius 2 is 1.30 bits per heavy atom. The van der Waals surface area contributed by atoms with Crippen molar-refractivity contribution in [2.45, 2.75) is 51.4 Å². The van der Waals surface area contributed by atoms with Gasteiger partial charge in [-0.25, -0.2) is 35.1 Å². The predicted molar refractivity (Wildman–Crippen MR) is 127 cm³/mol. The molecule has 37 heavy (non-hydrogen) atoms. The van der Waals surface area contributed by atoms with E-state index in [1.807, 2.05) is 0 Å². The van der Waals surface area contributed by atoms with Crippen molar-refractivity contribution in [2.75, 3.05) is 0 Å². The van der Waals surface area contributed by atoms with Crippen LogP contribution in [0.5, 0.6) is 0 Å². The van der Waals surface area contributed by atoms with Gasteiger partial charge in [-0.05, 0) is 79.0 Å². The molecule has 1 fully saturated rings. The Morgan fingerprint density at radius 3 is 1.84 bits per heavy atom. The van der Waals surface area contributed by atoms with Gasteiger partial charge in [0.15, 0.2) is 29.1 Å². The molecule has 1 aliphatic carbocycles. The molecule has 0 radical (unpaired) electrons. The standard InChI is InChI=1S/C29H24F8/c1-2-3-15-4-6-16(7-5-15)18-11-22(31)26(23(32)12-18)29(37)27(35)17-8-9-20(21(30)10-17)19-13-24(33)28(36)25(34)14-19/h8-16H,2-7H2,1H3. The molecule has 1 aliphatic rings. The summed E-state index contributed by atoms with van der Waals surface area (Å²) in [6.07, 6.45) is 5.55. The van der Waals surface area contributed by atoms with E-state index in [0.29, 0.717) is 29.7 Å². The summed E-state index contributed by atoms with van der Waals surface area (Å²) in [7, 11) is 0. The van der Waals surface area contributed by atoms with E-state index in [2.05, 4.69) is 6.92 Å². The van der Waals surface area contributed by atoms with Crippen molar-refractivity contribution >= 4 is 11.7 Å².